The van der Waals surface area contributed by atoms with E-state index in [2.05, 4.69) is 10.2 Å². The van der Waals surface area contributed by atoms with Gasteiger partial charge in [-0.25, -0.2) is 0 Å². The molecular weight excluding hydrogens is 318 g/mol. The summed E-state index contributed by atoms with van der Waals surface area (Å²) in [6.45, 7) is 2.97. The molecule has 2 aliphatic heterocycles. The Hall–Kier alpha value is -2.89. The summed E-state index contributed by atoms with van der Waals surface area (Å²) in [5, 5.41) is 2.97. The largest absolute Gasteiger partial charge is 0.454 e. The average Bonchev–Trinajstić information content (AvgIpc) is 3.09. The Balaban J connectivity index is 1.53. The van der Waals surface area contributed by atoms with E-state index in [0.29, 0.717) is 17.2 Å². The molecule has 1 amide bonds. The molecule has 1 unspecified atom stereocenters. The number of fused-ring (bicyclic) bond motifs is 2. The van der Waals surface area contributed by atoms with E-state index in [1.54, 1.807) is 12.1 Å². The Kier molecular flexibility index (Phi) is 3.87. The Morgan fingerprint density at radius 1 is 1.24 bits per heavy atom. The van der Waals surface area contributed by atoms with Crippen LogP contribution in [0.2, 0.25) is 0 Å². The number of carbonyl (C=O) groups excluding carboxylic acids is 1. The topological polar surface area (TPSA) is 76.8 Å². The van der Waals surface area contributed by atoms with Crippen molar-refractivity contribution in [3.63, 3.8) is 0 Å². The fourth-order valence-corrected chi connectivity index (χ4v) is 3.44. The van der Waals surface area contributed by atoms with Crippen molar-refractivity contribution in [1.29, 1.82) is 0 Å². The lowest BCUT2D eigenvalue weighted by Crippen LogP contribution is -2.44. The standard InChI is InChI=1S/C19H21N3O3/c1-12(22-9-3-4-14-15(20)5-2-6-16(14)22)19(23)21-13-7-8-17-18(10-13)25-11-24-17/h2,5-8,10,12H,3-4,9,11,20H2,1H3,(H,21,23). The predicted molar refractivity (Wildman–Crippen MR) is 97.2 cm³/mol. The van der Waals surface area contributed by atoms with Crippen LogP contribution in [-0.4, -0.2) is 25.3 Å². The summed E-state index contributed by atoms with van der Waals surface area (Å²) in [5.41, 5.74) is 9.79. The van der Waals surface area contributed by atoms with Crippen LogP contribution in [0.15, 0.2) is 36.4 Å². The van der Waals surface area contributed by atoms with Crippen molar-refractivity contribution >= 4 is 23.0 Å². The molecule has 25 heavy (non-hydrogen) atoms. The highest BCUT2D eigenvalue weighted by Crippen LogP contribution is 2.35. The minimum absolute atomic E-state index is 0.0610. The number of hydrogen-bond donors (Lipinski definition) is 2. The minimum Gasteiger partial charge on any atom is -0.454 e. The van der Waals surface area contributed by atoms with Crippen molar-refractivity contribution in [3.05, 3.63) is 42.0 Å². The van der Waals surface area contributed by atoms with E-state index in [4.69, 9.17) is 15.2 Å². The molecule has 0 saturated heterocycles. The first-order valence-electron chi connectivity index (χ1n) is 8.48. The molecule has 2 aliphatic rings. The summed E-state index contributed by atoms with van der Waals surface area (Å²) in [5.74, 6) is 1.29. The van der Waals surface area contributed by atoms with Crippen LogP contribution in [0.5, 0.6) is 11.5 Å². The first-order valence-corrected chi connectivity index (χ1v) is 8.48. The van der Waals surface area contributed by atoms with Gasteiger partial charge in [-0.05, 0) is 49.6 Å². The van der Waals surface area contributed by atoms with Gasteiger partial charge in [-0.1, -0.05) is 6.07 Å². The van der Waals surface area contributed by atoms with Crippen LogP contribution in [0.1, 0.15) is 18.9 Å². The van der Waals surface area contributed by atoms with E-state index in [1.807, 2.05) is 31.2 Å². The van der Waals surface area contributed by atoms with Crippen LogP contribution in [0.4, 0.5) is 17.1 Å². The second-order valence-electron chi connectivity index (χ2n) is 6.38. The summed E-state index contributed by atoms with van der Waals surface area (Å²) < 4.78 is 10.7. The maximum atomic E-state index is 12.8. The zero-order valence-electron chi connectivity index (χ0n) is 14.1. The molecule has 3 N–H and O–H groups in total. The van der Waals surface area contributed by atoms with E-state index in [0.717, 1.165) is 36.3 Å². The third-order valence-corrected chi connectivity index (χ3v) is 4.81. The van der Waals surface area contributed by atoms with Gasteiger partial charge in [0.2, 0.25) is 12.7 Å². The third-order valence-electron chi connectivity index (χ3n) is 4.81. The van der Waals surface area contributed by atoms with Crippen molar-refractivity contribution in [3.8, 4) is 11.5 Å². The van der Waals surface area contributed by atoms with Crippen molar-refractivity contribution in [2.75, 3.05) is 29.3 Å². The van der Waals surface area contributed by atoms with Crippen LogP contribution >= 0.6 is 0 Å². The van der Waals surface area contributed by atoms with Gasteiger partial charge in [0.15, 0.2) is 11.5 Å². The van der Waals surface area contributed by atoms with Crippen LogP contribution in [-0.2, 0) is 11.2 Å². The molecule has 2 heterocycles. The predicted octanol–water partition coefficient (Wildman–Crippen LogP) is 2.78. The van der Waals surface area contributed by atoms with E-state index < -0.39 is 0 Å². The number of nitrogens with zero attached hydrogens (tertiary/aromatic N) is 1. The maximum absolute atomic E-state index is 12.8. The quantitative estimate of drug-likeness (QED) is 0.841. The van der Waals surface area contributed by atoms with Crippen molar-refractivity contribution in [2.45, 2.75) is 25.8 Å². The van der Waals surface area contributed by atoms with Gasteiger partial charge >= 0.3 is 0 Å². The Bertz CT molecular complexity index is 822. The number of nitrogens with one attached hydrogen (secondary N) is 1. The number of amides is 1. The molecule has 0 spiro atoms. The highest BCUT2D eigenvalue weighted by atomic mass is 16.7. The number of hydrogen-bond acceptors (Lipinski definition) is 5. The van der Waals surface area contributed by atoms with Crippen molar-refractivity contribution in [2.24, 2.45) is 0 Å². The van der Waals surface area contributed by atoms with E-state index >= 15 is 0 Å². The molecule has 4 rings (SSSR count). The number of nitrogen functional groups attached to an aromatic ring is 1. The Morgan fingerprint density at radius 3 is 2.96 bits per heavy atom. The summed E-state index contributed by atoms with van der Waals surface area (Å²) in [4.78, 5) is 14.9. The third kappa shape index (κ3) is 2.84. The summed E-state index contributed by atoms with van der Waals surface area (Å²) >= 11 is 0. The molecular formula is C19H21N3O3. The number of anilines is 3. The molecule has 0 saturated carbocycles. The van der Waals surface area contributed by atoms with Crippen LogP contribution in [0.25, 0.3) is 0 Å². The highest BCUT2D eigenvalue weighted by molar-refractivity contribution is 5.97. The number of carbonyl (C=O) groups is 1. The minimum atomic E-state index is -0.300. The molecule has 6 heteroatoms. The van der Waals surface area contributed by atoms with Gasteiger partial charge in [0.05, 0.1) is 0 Å². The van der Waals surface area contributed by atoms with Gasteiger partial charge in [-0.2, -0.15) is 0 Å². The number of benzene rings is 2. The molecule has 0 bridgehead atoms. The fourth-order valence-electron chi connectivity index (χ4n) is 3.44. The van der Waals surface area contributed by atoms with Crippen LogP contribution < -0.4 is 25.4 Å². The molecule has 0 aromatic heterocycles. The number of rotatable bonds is 3. The Labute approximate surface area is 146 Å². The summed E-state index contributed by atoms with van der Waals surface area (Å²) in [6.07, 6.45) is 1.94. The molecule has 0 aliphatic carbocycles. The van der Waals surface area contributed by atoms with Gasteiger partial charge in [0, 0.05) is 29.7 Å². The summed E-state index contributed by atoms with van der Waals surface area (Å²) in [6, 6.07) is 11.0. The van der Waals surface area contributed by atoms with Crippen LogP contribution in [0, 0.1) is 0 Å². The SMILES string of the molecule is CC(C(=O)Nc1ccc2c(c1)OCO2)N1CCCc2c(N)cccc21. The highest BCUT2D eigenvalue weighted by Gasteiger charge is 2.27. The normalized spacial score (nSPS) is 16.3. The summed E-state index contributed by atoms with van der Waals surface area (Å²) in [7, 11) is 0. The lowest BCUT2D eigenvalue weighted by molar-refractivity contribution is -0.117. The monoisotopic (exact) mass is 339 g/mol. The van der Waals surface area contributed by atoms with Gasteiger partial charge in [0.25, 0.3) is 0 Å². The lowest BCUT2D eigenvalue weighted by Gasteiger charge is -2.36. The second kappa shape index (κ2) is 6.20. The lowest BCUT2D eigenvalue weighted by atomic mass is 9.98. The van der Waals surface area contributed by atoms with E-state index in [1.165, 1.54) is 0 Å². The van der Waals surface area contributed by atoms with E-state index in [-0.39, 0.29) is 18.7 Å². The average molecular weight is 339 g/mol. The first kappa shape index (κ1) is 15.6. The first-order chi connectivity index (χ1) is 12.1. The van der Waals surface area contributed by atoms with Gasteiger partial charge < -0.3 is 25.4 Å². The molecule has 130 valence electrons. The second-order valence-corrected chi connectivity index (χ2v) is 6.38. The van der Waals surface area contributed by atoms with Gasteiger partial charge in [-0.15, -0.1) is 0 Å². The van der Waals surface area contributed by atoms with Crippen molar-refractivity contribution < 1.29 is 14.3 Å². The molecule has 2 aromatic rings. The molecule has 0 fully saturated rings. The zero-order chi connectivity index (χ0) is 17.4. The molecule has 2 aromatic carbocycles. The number of ether oxygens (including phenoxy) is 2. The smallest absolute Gasteiger partial charge is 0.246 e. The van der Waals surface area contributed by atoms with Crippen molar-refractivity contribution in [1.82, 2.24) is 0 Å². The Morgan fingerprint density at radius 2 is 2.08 bits per heavy atom. The van der Waals surface area contributed by atoms with E-state index in [9.17, 15) is 4.79 Å². The van der Waals surface area contributed by atoms with Gasteiger partial charge in [-0.3, -0.25) is 4.79 Å². The number of nitrogens with two attached hydrogens (primary N) is 1. The molecule has 6 nitrogen and oxygen atoms in total. The van der Waals surface area contributed by atoms with Crippen LogP contribution in [0.3, 0.4) is 0 Å². The molecule has 0 radical (unpaired) electrons. The fraction of sp³-hybridized carbons (Fsp3) is 0.316. The van der Waals surface area contributed by atoms with Gasteiger partial charge in [0.1, 0.15) is 6.04 Å². The maximum Gasteiger partial charge on any atom is 0.246 e. The zero-order valence-corrected chi connectivity index (χ0v) is 14.1. The molecule has 1 atom stereocenters.